The van der Waals surface area contributed by atoms with Crippen LogP contribution in [0.5, 0.6) is 0 Å². The lowest BCUT2D eigenvalue weighted by Crippen LogP contribution is -2.48. The molecule has 1 atom stereocenters. The second-order valence-electron chi connectivity index (χ2n) is 8.01. The number of anilines is 1. The Balaban J connectivity index is 1.30. The first-order valence-corrected chi connectivity index (χ1v) is 11.5. The second kappa shape index (κ2) is 9.00. The fourth-order valence-corrected chi connectivity index (χ4v) is 4.83. The third kappa shape index (κ3) is 4.41. The van der Waals surface area contributed by atoms with Gasteiger partial charge in [0.2, 0.25) is 11.8 Å². The standard InChI is InChI=1S/C23H27N3O3S/c1-2-16-3-5-20(6-4-16)26-14-18(13-21(26)27)23(29)25-10-7-19(8-11-25)24-22(28)17-9-12-30-15-17/h3-6,9,12,15,18-19H,2,7-8,10-11,13-14H2,1H3,(H,24,28). The molecule has 2 aliphatic heterocycles. The lowest BCUT2D eigenvalue weighted by molar-refractivity contribution is -0.136. The lowest BCUT2D eigenvalue weighted by Gasteiger charge is -2.33. The molecule has 1 aromatic carbocycles. The highest BCUT2D eigenvalue weighted by molar-refractivity contribution is 7.08. The topological polar surface area (TPSA) is 69.7 Å². The van der Waals surface area contributed by atoms with Crippen molar-refractivity contribution < 1.29 is 14.4 Å². The minimum atomic E-state index is -0.291. The normalized spacial score (nSPS) is 19.9. The molecule has 6 nitrogen and oxygen atoms in total. The van der Waals surface area contributed by atoms with E-state index in [1.807, 2.05) is 46.0 Å². The summed E-state index contributed by atoms with van der Waals surface area (Å²) in [6.45, 7) is 3.77. The molecule has 1 N–H and O–H groups in total. The number of nitrogens with one attached hydrogen (secondary N) is 1. The van der Waals surface area contributed by atoms with Gasteiger partial charge in [-0.05, 0) is 48.4 Å². The van der Waals surface area contributed by atoms with E-state index >= 15 is 0 Å². The summed E-state index contributed by atoms with van der Waals surface area (Å²) in [5.41, 5.74) is 2.78. The molecule has 30 heavy (non-hydrogen) atoms. The molecule has 1 unspecified atom stereocenters. The summed E-state index contributed by atoms with van der Waals surface area (Å²) >= 11 is 1.50. The van der Waals surface area contributed by atoms with Gasteiger partial charge in [-0.15, -0.1) is 0 Å². The summed E-state index contributed by atoms with van der Waals surface area (Å²) in [5.74, 6) is -0.276. The van der Waals surface area contributed by atoms with Gasteiger partial charge in [-0.25, -0.2) is 0 Å². The first-order chi connectivity index (χ1) is 14.5. The first-order valence-electron chi connectivity index (χ1n) is 10.6. The van der Waals surface area contributed by atoms with Crippen molar-refractivity contribution in [2.24, 2.45) is 5.92 Å². The molecular formula is C23H27N3O3S. The Morgan fingerprint density at radius 1 is 1.13 bits per heavy atom. The highest BCUT2D eigenvalue weighted by Crippen LogP contribution is 2.27. The van der Waals surface area contributed by atoms with Crippen molar-refractivity contribution in [3.05, 3.63) is 52.2 Å². The van der Waals surface area contributed by atoms with E-state index in [1.165, 1.54) is 16.9 Å². The number of carbonyl (C=O) groups excluding carboxylic acids is 3. The smallest absolute Gasteiger partial charge is 0.252 e. The monoisotopic (exact) mass is 425 g/mol. The Kier molecular flexibility index (Phi) is 6.18. The summed E-state index contributed by atoms with van der Waals surface area (Å²) in [5, 5.41) is 6.79. The van der Waals surface area contributed by atoms with E-state index in [1.54, 1.807) is 4.90 Å². The number of hydrogen-bond acceptors (Lipinski definition) is 4. The first kappa shape index (κ1) is 20.6. The van der Waals surface area contributed by atoms with Crippen molar-refractivity contribution in [3.8, 4) is 0 Å². The zero-order valence-electron chi connectivity index (χ0n) is 17.2. The molecule has 158 valence electrons. The van der Waals surface area contributed by atoms with Gasteiger partial charge >= 0.3 is 0 Å². The van der Waals surface area contributed by atoms with Crippen LogP contribution in [0, 0.1) is 5.92 Å². The minimum absolute atomic E-state index is 0.00973. The van der Waals surface area contributed by atoms with Gasteiger partial charge in [0, 0.05) is 48.7 Å². The van der Waals surface area contributed by atoms with E-state index in [4.69, 9.17) is 0 Å². The van der Waals surface area contributed by atoms with Crippen molar-refractivity contribution in [1.82, 2.24) is 10.2 Å². The fraction of sp³-hybridized carbons (Fsp3) is 0.435. The second-order valence-corrected chi connectivity index (χ2v) is 8.79. The SMILES string of the molecule is CCc1ccc(N2CC(C(=O)N3CCC(NC(=O)c4ccsc4)CC3)CC2=O)cc1. The minimum Gasteiger partial charge on any atom is -0.349 e. The molecular weight excluding hydrogens is 398 g/mol. The van der Waals surface area contributed by atoms with Crippen LogP contribution < -0.4 is 10.2 Å². The third-order valence-electron chi connectivity index (χ3n) is 6.06. The summed E-state index contributed by atoms with van der Waals surface area (Å²) in [7, 11) is 0. The summed E-state index contributed by atoms with van der Waals surface area (Å²) in [6, 6.07) is 9.90. The predicted octanol–water partition coefficient (Wildman–Crippen LogP) is 3.08. The van der Waals surface area contributed by atoms with Crippen molar-refractivity contribution in [1.29, 1.82) is 0 Å². The Morgan fingerprint density at radius 3 is 2.50 bits per heavy atom. The van der Waals surface area contributed by atoms with E-state index in [2.05, 4.69) is 12.2 Å². The van der Waals surface area contributed by atoms with Gasteiger partial charge < -0.3 is 15.1 Å². The van der Waals surface area contributed by atoms with Crippen molar-refractivity contribution in [3.63, 3.8) is 0 Å². The number of likely N-dealkylation sites (tertiary alicyclic amines) is 1. The van der Waals surface area contributed by atoms with Gasteiger partial charge in [0.25, 0.3) is 5.91 Å². The van der Waals surface area contributed by atoms with Crippen molar-refractivity contribution >= 4 is 34.7 Å². The van der Waals surface area contributed by atoms with Gasteiger partial charge in [0.15, 0.2) is 0 Å². The molecule has 2 aliphatic rings. The van der Waals surface area contributed by atoms with Gasteiger partial charge in [0.05, 0.1) is 5.92 Å². The number of aryl methyl sites for hydroxylation is 1. The Labute approximate surface area is 180 Å². The van der Waals surface area contributed by atoms with E-state index in [9.17, 15) is 14.4 Å². The molecule has 7 heteroatoms. The fourth-order valence-electron chi connectivity index (χ4n) is 4.20. The van der Waals surface area contributed by atoms with Crippen LogP contribution in [0.15, 0.2) is 41.1 Å². The summed E-state index contributed by atoms with van der Waals surface area (Å²) < 4.78 is 0. The molecule has 0 saturated carbocycles. The van der Waals surface area contributed by atoms with Crippen LogP contribution in [0.3, 0.4) is 0 Å². The largest absolute Gasteiger partial charge is 0.349 e. The lowest BCUT2D eigenvalue weighted by atomic mass is 10.0. The highest BCUT2D eigenvalue weighted by atomic mass is 32.1. The molecule has 4 rings (SSSR count). The number of rotatable bonds is 5. The number of hydrogen-bond donors (Lipinski definition) is 1. The Bertz CT molecular complexity index is 902. The molecule has 3 heterocycles. The van der Waals surface area contributed by atoms with Crippen LogP contribution in [0.2, 0.25) is 0 Å². The van der Waals surface area contributed by atoms with Crippen LogP contribution in [-0.2, 0) is 16.0 Å². The van der Waals surface area contributed by atoms with Crippen LogP contribution in [-0.4, -0.2) is 48.3 Å². The third-order valence-corrected chi connectivity index (χ3v) is 6.74. The summed E-state index contributed by atoms with van der Waals surface area (Å²) in [4.78, 5) is 41.3. The maximum Gasteiger partial charge on any atom is 0.252 e. The Hall–Kier alpha value is -2.67. The number of carbonyl (C=O) groups is 3. The van der Waals surface area contributed by atoms with Gasteiger partial charge in [-0.2, -0.15) is 11.3 Å². The van der Waals surface area contributed by atoms with Crippen LogP contribution in [0.4, 0.5) is 5.69 Å². The maximum atomic E-state index is 13.0. The van der Waals surface area contributed by atoms with Crippen molar-refractivity contribution in [2.45, 2.75) is 38.6 Å². The Morgan fingerprint density at radius 2 is 1.87 bits per heavy atom. The molecule has 0 aliphatic carbocycles. The highest BCUT2D eigenvalue weighted by Gasteiger charge is 2.38. The molecule has 0 radical (unpaired) electrons. The van der Waals surface area contributed by atoms with E-state index in [0.717, 1.165) is 24.9 Å². The van der Waals surface area contributed by atoms with Gasteiger partial charge in [0.1, 0.15) is 0 Å². The molecule has 3 amide bonds. The zero-order chi connectivity index (χ0) is 21.1. The molecule has 2 saturated heterocycles. The van der Waals surface area contributed by atoms with Crippen LogP contribution in [0.25, 0.3) is 0 Å². The summed E-state index contributed by atoms with van der Waals surface area (Å²) in [6.07, 6.45) is 2.71. The number of nitrogens with zero attached hydrogens (tertiary/aromatic N) is 2. The molecule has 2 fully saturated rings. The molecule has 1 aromatic heterocycles. The quantitative estimate of drug-likeness (QED) is 0.800. The van der Waals surface area contributed by atoms with E-state index < -0.39 is 0 Å². The van der Waals surface area contributed by atoms with E-state index in [0.29, 0.717) is 25.2 Å². The van der Waals surface area contributed by atoms with Crippen molar-refractivity contribution in [2.75, 3.05) is 24.5 Å². The average Bonchev–Trinajstić information content (AvgIpc) is 3.44. The molecule has 0 bridgehead atoms. The zero-order valence-corrected chi connectivity index (χ0v) is 18.0. The average molecular weight is 426 g/mol. The number of amides is 3. The van der Waals surface area contributed by atoms with Crippen LogP contribution >= 0.6 is 11.3 Å². The van der Waals surface area contributed by atoms with Gasteiger partial charge in [-0.1, -0.05) is 19.1 Å². The number of thiophene rings is 1. The number of piperidine rings is 1. The molecule has 2 aromatic rings. The van der Waals surface area contributed by atoms with Crippen LogP contribution in [0.1, 0.15) is 42.1 Å². The van der Waals surface area contributed by atoms with E-state index in [-0.39, 0.29) is 36.1 Å². The maximum absolute atomic E-state index is 13.0. The molecule has 0 spiro atoms. The number of benzene rings is 1. The predicted molar refractivity (Wildman–Crippen MR) is 118 cm³/mol. The van der Waals surface area contributed by atoms with Gasteiger partial charge in [-0.3, -0.25) is 14.4 Å².